The van der Waals surface area contributed by atoms with Crippen LogP contribution in [0, 0.1) is 16.7 Å². The summed E-state index contributed by atoms with van der Waals surface area (Å²) in [5.74, 6) is -0.529. The van der Waals surface area contributed by atoms with Gasteiger partial charge >= 0.3 is 5.97 Å². The number of carbonyl (C=O) groups excluding carboxylic acids is 1. The second-order valence-electron chi connectivity index (χ2n) is 2.86. The van der Waals surface area contributed by atoms with E-state index in [0.29, 0.717) is 6.42 Å². The van der Waals surface area contributed by atoms with Crippen molar-refractivity contribution in [3.8, 4) is 6.07 Å². The molecule has 0 bridgehead atoms. The summed E-state index contributed by atoms with van der Waals surface area (Å²) < 4.78 is 4.71. The third kappa shape index (κ3) is 1.19. The second kappa shape index (κ2) is 2.51. The normalized spacial score (nSPS) is 36.5. The van der Waals surface area contributed by atoms with Crippen LogP contribution < -0.4 is 0 Å². The van der Waals surface area contributed by atoms with Gasteiger partial charge in [-0.25, -0.2) is 0 Å². The summed E-state index contributed by atoms with van der Waals surface area (Å²) in [6.45, 7) is 1.31. The van der Waals surface area contributed by atoms with Gasteiger partial charge in [-0.1, -0.05) is 0 Å². The van der Waals surface area contributed by atoms with Gasteiger partial charge in [-0.2, -0.15) is 5.26 Å². The van der Waals surface area contributed by atoms with Crippen LogP contribution in [0.5, 0.6) is 0 Å². The number of aliphatic hydroxyl groups is 1. The molecule has 0 aromatic carbocycles. The maximum Gasteiger partial charge on any atom is 0.326 e. The molecule has 0 aromatic heterocycles. The van der Waals surface area contributed by atoms with Gasteiger partial charge in [0.15, 0.2) is 5.41 Å². The SMILES string of the molecule is CC1(C#N)CC(CO)OC1=O. The molecule has 1 heterocycles. The van der Waals surface area contributed by atoms with E-state index in [4.69, 9.17) is 15.1 Å². The van der Waals surface area contributed by atoms with Crippen LogP contribution in [-0.4, -0.2) is 23.8 Å². The summed E-state index contributed by atoms with van der Waals surface area (Å²) in [5, 5.41) is 17.2. The predicted molar refractivity (Wildman–Crippen MR) is 35.3 cm³/mol. The molecular weight excluding hydrogens is 146 g/mol. The molecule has 2 atom stereocenters. The maximum atomic E-state index is 10.9. The molecule has 0 radical (unpaired) electrons. The summed E-state index contributed by atoms with van der Waals surface area (Å²) in [4.78, 5) is 10.9. The molecule has 1 saturated heterocycles. The van der Waals surface area contributed by atoms with E-state index < -0.39 is 17.5 Å². The Kier molecular flexibility index (Phi) is 1.83. The fourth-order valence-electron chi connectivity index (χ4n) is 1.05. The Morgan fingerprint density at radius 3 is 2.91 bits per heavy atom. The first kappa shape index (κ1) is 8.02. The monoisotopic (exact) mass is 155 g/mol. The fourth-order valence-corrected chi connectivity index (χ4v) is 1.05. The van der Waals surface area contributed by atoms with Crippen LogP contribution in [0.25, 0.3) is 0 Å². The Hall–Kier alpha value is -1.08. The lowest BCUT2D eigenvalue weighted by Gasteiger charge is -2.05. The topological polar surface area (TPSA) is 70.3 Å². The second-order valence-corrected chi connectivity index (χ2v) is 2.86. The van der Waals surface area contributed by atoms with Gasteiger partial charge in [-0.15, -0.1) is 0 Å². The molecule has 1 rings (SSSR count). The van der Waals surface area contributed by atoms with E-state index in [-0.39, 0.29) is 6.61 Å². The van der Waals surface area contributed by atoms with Crippen LogP contribution in [0.1, 0.15) is 13.3 Å². The van der Waals surface area contributed by atoms with Crippen molar-refractivity contribution in [1.29, 1.82) is 5.26 Å². The van der Waals surface area contributed by atoms with Crippen molar-refractivity contribution in [1.82, 2.24) is 0 Å². The van der Waals surface area contributed by atoms with Crippen LogP contribution in [-0.2, 0) is 9.53 Å². The van der Waals surface area contributed by atoms with E-state index in [0.717, 1.165) is 0 Å². The van der Waals surface area contributed by atoms with Crippen LogP contribution in [0.4, 0.5) is 0 Å². The molecule has 0 spiro atoms. The third-order valence-electron chi connectivity index (χ3n) is 1.81. The van der Waals surface area contributed by atoms with E-state index in [2.05, 4.69) is 0 Å². The Morgan fingerprint density at radius 1 is 2.00 bits per heavy atom. The Balaban J connectivity index is 2.75. The van der Waals surface area contributed by atoms with Crippen molar-refractivity contribution in [2.45, 2.75) is 19.4 Å². The smallest absolute Gasteiger partial charge is 0.326 e. The zero-order valence-corrected chi connectivity index (χ0v) is 6.20. The van der Waals surface area contributed by atoms with Gasteiger partial charge in [-0.05, 0) is 6.92 Å². The standard InChI is InChI=1S/C7H9NO3/c1-7(4-8)2-5(3-9)11-6(7)10/h5,9H,2-3H2,1H3. The Bertz CT molecular complexity index is 220. The van der Waals surface area contributed by atoms with E-state index in [1.54, 1.807) is 0 Å². The van der Waals surface area contributed by atoms with E-state index in [1.807, 2.05) is 6.07 Å². The minimum atomic E-state index is -1.05. The number of hydrogen-bond acceptors (Lipinski definition) is 4. The van der Waals surface area contributed by atoms with E-state index in [9.17, 15) is 4.79 Å². The maximum absolute atomic E-state index is 10.9. The number of nitriles is 1. The van der Waals surface area contributed by atoms with Gasteiger partial charge in [0, 0.05) is 6.42 Å². The van der Waals surface area contributed by atoms with E-state index >= 15 is 0 Å². The molecule has 0 amide bonds. The fraction of sp³-hybridized carbons (Fsp3) is 0.714. The largest absolute Gasteiger partial charge is 0.459 e. The molecule has 1 aliphatic rings. The van der Waals surface area contributed by atoms with Crippen molar-refractivity contribution in [2.75, 3.05) is 6.61 Å². The first-order valence-electron chi connectivity index (χ1n) is 3.35. The molecule has 2 unspecified atom stereocenters. The molecule has 11 heavy (non-hydrogen) atoms. The van der Waals surface area contributed by atoms with Crippen molar-refractivity contribution < 1.29 is 14.6 Å². The van der Waals surface area contributed by atoms with Gasteiger partial charge in [0.1, 0.15) is 6.10 Å². The zero-order valence-electron chi connectivity index (χ0n) is 6.20. The minimum absolute atomic E-state index is 0.205. The summed E-state index contributed by atoms with van der Waals surface area (Å²) >= 11 is 0. The Labute approximate surface area is 64.4 Å². The van der Waals surface area contributed by atoms with Gasteiger partial charge in [0.2, 0.25) is 0 Å². The number of esters is 1. The molecule has 4 nitrogen and oxygen atoms in total. The average Bonchev–Trinajstić information content (AvgIpc) is 2.29. The molecule has 1 N–H and O–H groups in total. The highest BCUT2D eigenvalue weighted by atomic mass is 16.6. The molecule has 4 heteroatoms. The van der Waals surface area contributed by atoms with Crippen molar-refractivity contribution in [3.63, 3.8) is 0 Å². The number of cyclic esters (lactones) is 1. The van der Waals surface area contributed by atoms with Crippen molar-refractivity contribution in [2.24, 2.45) is 5.41 Å². The molecule has 60 valence electrons. The van der Waals surface area contributed by atoms with Gasteiger partial charge in [0.25, 0.3) is 0 Å². The molecule has 0 aliphatic carbocycles. The number of aliphatic hydroxyl groups excluding tert-OH is 1. The van der Waals surface area contributed by atoms with Crippen molar-refractivity contribution in [3.05, 3.63) is 0 Å². The predicted octanol–water partition coefficient (Wildman–Crippen LogP) is -0.176. The molecule has 1 aliphatic heterocycles. The van der Waals surface area contributed by atoms with Crippen LogP contribution >= 0.6 is 0 Å². The highest BCUT2D eigenvalue weighted by molar-refractivity contribution is 5.81. The number of rotatable bonds is 1. The first-order chi connectivity index (χ1) is 5.12. The lowest BCUT2D eigenvalue weighted by atomic mass is 9.89. The number of carbonyl (C=O) groups is 1. The van der Waals surface area contributed by atoms with E-state index in [1.165, 1.54) is 6.92 Å². The zero-order chi connectivity index (χ0) is 8.48. The van der Waals surface area contributed by atoms with Crippen molar-refractivity contribution >= 4 is 5.97 Å². The highest BCUT2D eigenvalue weighted by Gasteiger charge is 2.45. The summed E-state index contributed by atoms with van der Waals surface area (Å²) in [6.07, 6.45) is -0.203. The quantitative estimate of drug-likeness (QED) is 0.533. The summed E-state index contributed by atoms with van der Waals surface area (Å²) in [5.41, 5.74) is -1.05. The van der Waals surface area contributed by atoms with Gasteiger partial charge < -0.3 is 9.84 Å². The molecule has 0 saturated carbocycles. The average molecular weight is 155 g/mol. The van der Waals surface area contributed by atoms with Gasteiger partial charge in [-0.3, -0.25) is 4.79 Å². The van der Waals surface area contributed by atoms with Gasteiger partial charge in [0.05, 0.1) is 12.7 Å². The minimum Gasteiger partial charge on any atom is -0.459 e. The number of hydrogen-bond donors (Lipinski definition) is 1. The van der Waals surface area contributed by atoms with Crippen LogP contribution in [0.3, 0.4) is 0 Å². The lowest BCUT2D eigenvalue weighted by Crippen LogP contribution is -2.19. The summed E-state index contributed by atoms with van der Waals surface area (Å²) in [6, 6.07) is 1.87. The third-order valence-corrected chi connectivity index (χ3v) is 1.81. The highest BCUT2D eigenvalue weighted by Crippen LogP contribution is 2.32. The molecular formula is C7H9NO3. The Morgan fingerprint density at radius 2 is 2.64 bits per heavy atom. The molecule has 0 aromatic rings. The first-order valence-corrected chi connectivity index (χ1v) is 3.35. The molecule has 1 fully saturated rings. The summed E-state index contributed by atoms with van der Waals surface area (Å²) in [7, 11) is 0. The lowest BCUT2D eigenvalue weighted by molar-refractivity contribution is -0.147. The number of ether oxygens (including phenoxy) is 1. The van der Waals surface area contributed by atoms with Crippen LogP contribution in [0.2, 0.25) is 0 Å². The van der Waals surface area contributed by atoms with Crippen LogP contribution in [0.15, 0.2) is 0 Å². The number of nitrogens with zero attached hydrogens (tertiary/aromatic N) is 1.